The Morgan fingerprint density at radius 2 is 2.05 bits per heavy atom. The number of nitrogens with two attached hydrogens (primary N) is 1. The Bertz CT molecular complexity index is 490. The summed E-state index contributed by atoms with van der Waals surface area (Å²) in [6.45, 7) is 1.04. The first kappa shape index (κ1) is 14.3. The van der Waals surface area contributed by atoms with Gasteiger partial charge in [-0.3, -0.25) is 9.59 Å². The molecule has 20 heavy (non-hydrogen) atoms. The summed E-state index contributed by atoms with van der Waals surface area (Å²) in [6, 6.07) is 7.85. The summed E-state index contributed by atoms with van der Waals surface area (Å²) < 4.78 is 5.57. The number of hydrogen-bond donors (Lipinski definition) is 3. The van der Waals surface area contributed by atoms with E-state index in [0.29, 0.717) is 13.2 Å². The van der Waals surface area contributed by atoms with E-state index in [2.05, 4.69) is 10.6 Å². The molecule has 1 aromatic rings. The highest BCUT2D eigenvalue weighted by Gasteiger charge is 2.21. The molecule has 2 rings (SSSR count). The van der Waals surface area contributed by atoms with Gasteiger partial charge in [0.25, 0.3) is 0 Å². The Balaban J connectivity index is 1.83. The maximum atomic E-state index is 11.6. The van der Waals surface area contributed by atoms with Gasteiger partial charge >= 0.3 is 0 Å². The second-order valence-corrected chi connectivity index (χ2v) is 4.66. The molecule has 1 atom stereocenters. The van der Waals surface area contributed by atoms with Crippen molar-refractivity contribution < 1.29 is 14.3 Å². The van der Waals surface area contributed by atoms with Gasteiger partial charge < -0.3 is 21.1 Å². The van der Waals surface area contributed by atoms with Crippen LogP contribution in [0.2, 0.25) is 0 Å². The molecular weight excluding hydrogens is 258 g/mol. The van der Waals surface area contributed by atoms with Crippen molar-refractivity contribution in [3.05, 3.63) is 29.8 Å². The van der Waals surface area contributed by atoms with Gasteiger partial charge in [0.15, 0.2) is 0 Å². The summed E-state index contributed by atoms with van der Waals surface area (Å²) in [5.41, 5.74) is 6.26. The van der Waals surface area contributed by atoms with Crippen molar-refractivity contribution in [3.63, 3.8) is 0 Å². The minimum absolute atomic E-state index is 0.0408. The molecule has 1 aromatic carbocycles. The van der Waals surface area contributed by atoms with Gasteiger partial charge in [-0.2, -0.15) is 0 Å². The number of benzene rings is 1. The number of fused-ring (bicyclic) bond motifs is 1. The van der Waals surface area contributed by atoms with Gasteiger partial charge in [-0.1, -0.05) is 18.2 Å². The van der Waals surface area contributed by atoms with Crippen LogP contribution in [0.25, 0.3) is 0 Å². The van der Waals surface area contributed by atoms with E-state index >= 15 is 0 Å². The van der Waals surface area contributed by atoms with Crippen LogP contribution in [0.1, 0.15) is 17.9 Å². The van der Waals surface area contributed by atoms with Gasteiger partial charge in [0.1, 0.15) is 5.75 Å². The van der Waals surface area contributed by atoms with E-state index in [0.717, 1.165) is 17.7 Å². The topological polar surface area (TPSA) is 93.5 Å². The van der Waals surface area contributed by atoms with Crippen LogP contribution in [0.5, 0.6) is 5.75 Å². The Labute approximate surface area is 117 Å². The van der Waals surface area contributed by atoms with Crippen LogP contribution in [0.15, 0.2) is 24.3 Å². The zero-order valence-corrected chi connectivity index (χ0v) is 11.2. The molecule has 4 N–H and O–H groups in total. The van der Waals surface area contributed by atoms with Gasteiger partial charge in [0.05, 0.1) is 19.7 Å². The molecule has 6 nitrogen and oxygen atoms in total. The molecule has 0 radical (unpaired) electrons. The van der Waals surface area contributed by atoms with Crippen molar-refractivity contribution in [2.24, 2.45) is 5.73 Å². The van der Waals surface area contributed by atoms with Crippen LogP contribution in [-0.4, -0.2) is 38.1 Å². The Hall–Kier alpha value is -2.08. The summed E-state index contributed by atoms with van der Waals surface area (Å²) in [7, 11) is 0. The molecular formula is C14H19N3O3. The monoisotopic (exact) mass is 277 g/mol. The zero-order valence-electron chi connectivity index (χ0n) is 11.2. The minimum Gasteiger partial charge on any atom is -0.493 e. The predicted octanol–water partition coefficient (Wildman–Crippen LogP) is -0.256. The molecule has 1 aliphatic heterocycles. The number of nitrogens with one attached hydrogen (secondary N) is 2. The van der Waals surface area contributed by atoms with Gasteiger partial charge in [-0.25, -0.2) is 0 Å². The zero-order chi connectivity index (χ0) is 14.4. The van der Waals surface area contributed by atoms with E-state index in [-0.39, 0.29) is 30.8 Å². The Kier molecular flexibility index (Phi) is 4.95. The third-order valence-electron chi connectivity index (χ3n) is 3.26. The molecule has 1 unspecified atom stereocenters. The van der Waals surface area contributed by atoms with Crippen molar-refractivity contribution in [1.82, 2.24) is 10.6 Å². The van der Waals surface area contributed by atoms with Crippen LogP contribution in [0.4, 0.5) is 0 Å². The number of rotatable bonds is 5. The van der Waals surface area contributed by atoms with E-state index in [1.165, 1.54) is 0 Å². The maximum absolute atomic E-state index is 11.6. The van der Waals surface area contributed by atoms with Crippen molar-refractivity contribution in [2.45, 2.75) is 12.3 Å². The predicted molar refractivity (Wildman–Crippen MR) is 74.4 cm³/mol. The number of carbonyl (C=O) groups is 2. The SMILES string of the molecule is NCC(=O)NCC(=O)NCC1CCOc2ccccc21. The number of ether oxygens (including phenoxy) is 1. The average molecular weight is 277 g/mol. The molecule has 0 aliphatic carbocycles. The lowest BCUT2D eigenvalue weighted by Crippen LogP contribution is -2.41. The highest BCUT2D eigenvalue weighted by Crippen LogP contribution is 2.32. The molecule has 2 amide bonds. The van der Waals surface area contributed by atoms with Crippen LogP contribution < -0.4 is 21.1 Å². The minimum atomic E-state index is -0.337. The second kappa shape index (κ2) is 6.91. The Morgan fingerprint density at radius 1 is 1.25 bits per heavy atom. The molecule has 1 heterocycles. The fourth-order valence-electron chi connectivity index (χ4n) is 2.18. The quantitative estimate of drug-likeness (QED) is 0.691. The lowest BCUT2D eigenvalue weighted by molar-refractivity contribution is -0.125. The van der Waals surface area contributed by atoms with E-state index in [4.69, 9.17) is 10.5 Å². The highest BCUT2D eigenvalue weighted by molar-refractivity contribution is 5.85. The largest absolute Gasteiger partial charge is 0.493 e. The fraction of sp³-hybridized carbons (Fsp3) is 0.429. The third kappa shape index (κ3) is 3.71. The highest BCUT2D eigenvalue weighted by atomic mass is 16.5. The first-order chi connectivity index (χ1) is 9.70. The average Bonchev–Trinajstić information content (AvgIpc) is 2.50. The molecule has 1 aliphatic rings. The second-order valence-electron chi connectivity index (χ2n) is 4.66. The van der Waals surface area contributed by atoms with Crippen LogP contribution in [0, 0.1) is 0 Å². The molecule has 0 aromatic heterocycles. The van der Waals surface area contributed by atoms with Gasteiger partial charge in [-0.15, -0.1) is 0 Å². The van der Waals surface area contributed by atoms with Gasteiger partial charge in [0.2, 0.25) is 11.8 Å². The smallest absolute Gasteiger partial charge is 0.239 e. The first-order valence-electron chi connectivity index (χ1n) is 6.66. The van der Waals surface area contributed by atoms with Crippen molar-refractivity contribution in [2.75, 3.05) is 26.2 Å². The lowest BCUT2D eigenvalue weighted by atomic mass is 9.93. The summed E-state index contributed by atoms with van der Waals surface area (Å²) in [4.78, 5) is 22.6. The van der Waals surface area contributed by atoms with Crippen molar-refractivity contribution in [3.8, 4) is 5.75 Å². The standard InChI is InChI=1S/C14H19N3O3/c15-7-13(18)17-9-14(19)16-8-10-5-6-20-12-4-2-1-3-11(10)12/h1-4,10H,5-9,15H2,(H,16,19)(H,17,18). The molecule has 6 heteroatoms. The first-order valence-corrected chi connectivity index (χ1v) is 6.66. The van der Waals surface area contributed by atoms with E-state index in [1.54, 1.807) is 0 Å². The number of hydrogen-bond acceptors (Lipinski definition) is 4. The Morgan fingerprint density at radius 3 is 2.85 bits per heavy atom. The van der Waals surface area contributed by atoms with Crippen LogP contribution >= 0.6 is 0 Å². The van der Waals surface area contributed by atoms with E-state index in [9.17, 15) is 9.59 Å². The van der Waals surface area contributed by atoms with Crippen molar-refractivity contribution in [1.29, 1.82) is 0 Å². The normalized spacial score (nSPS) is 16.8. The van der Waals surface area contributed by atoms with Gasteiger partial charge in [-0.05, 0) is 18.1 Å². The lowest BCUT2D eigenvalue weighted by Gasteiger charge is -2.26. The third-order valence-corrected chi connectivity index (χ3v) is 3.26. The molecule has 108 valence electrons. The number of amides is 2. The molecule has 0 bridgehead atoms. The van der Waals surface area contributed by atoms with Crippen LogP contribution in [0.3, 0.4) is 0 Å². The maximum Gasteiger partial charge on any atom is 0.239 e. The molecule has 0 spiro atoms. The molecule has 0 saturated heterocycles. The summed E-state index contributed by atoms with van der Waals surface area (Å²) in [5, 5.41) is 5.26. The summed E-state index contributed by atoms with van der Waals surface area (Å²) in [6.07, 6.45) is 0.868. The van der Waals surface area contributed by atoms with Gasteiger partial charge in [0, 0.05) is 12.5 Å². The van der Waals surface area contributed by atoms with Crippen LogP contribution in [-0.2, 0) is 9.59 Å². The van der Waals surface area contributed by atoms with Crippen molar-refractivity contribution >= 4 is 11.8 Å². The van der Waals surface area contributed by atoms with E-state index < -0.39 is 0 Å². The number of carbonyl (C=O) groups excluding carboxylic acids is 2. The number of para-hydroxylation sites is 1. The fourth-order valence-corrected chi connectivity index (χ4v) is 2.18. The summed E-state index contributed by atoms with van der Waals surface area (Å²) in [5.74, 6) is 0.580. The van der Waals surface area contributed by atoms with E-state index in [1.807, 2.05) is 24.3 Å². The summed E-state index contributed by atoms with van der Waals surface area (Å²) >= 11 is 0. The molecule has 0 fully saturated rings. The molecule has 0 saturated carbocycles.